The maximum Gasteiger partial charge on any atom is 0.0405 e. The zero-order chi connectivity index (χ0) is 9.68. The van der Waals surface area contributed by atoms with Crippen LogP contribution in [0.15, 0.2) is 24.3 Å². The first-order valence-electron chi connectivity index (χ1n) is 4.55. The van der Waals surface area contributed by atoms with Crippen molar-refractivity contribution in [3.05, 3.63) is 35.4 Å². The summed E-state index contributed by atoms with van der Waals surface area (Å²) in [5, 5.41) is 0. The molecule has 1 nitrogen and oxygen atoms in total. The van der Waals surface area contributed by atoms with Crippen LogP contribution in [0.25, 0.3) is 0 Å². The average molecular weight is 173 g/mol. The zero-order valence-electron chi connectivity index (χ0n) is 7.96. The minimum absolute atomic E-state index is 0.0177. The first-order chi connectivity index (χ1) is 6.27. The number of rotatable bonds is 3. The number of aryl methyl sites for hydroxylation is 1. The van der Waals surface area contributed by atoms with Crippen molar-refractivity contribution in [3.8, 4) is 12.3 Å². The van der Waals surface area contributed by atoms with Gasteiger partial charge in [-0.05, 0) is 17.5 Å². The molecule has 0 aliphatic rings. The summed E-state index contributed by atoms with van der Waals surface area (Å²) >= 11 is 0. The van der Waals surface area contributed by atoms with Crippen LogP contribution in [0.2, 0.25) is 0 Å². The molecule has 1 atom stereocenters. The fourth-order valence-corrected chi connectivity index (χ4v) is 1.25. The van der Waals surface area contributed by atoms with E-state index in [0.717, 1.165) is 12.0 Å². The van der Waals surface area contributed by atoms with Crippen molar-refractivity contribution in [2.24, 2.45) is 5.73 Å². The molecule has 13 heavy (non-hydrogen) atoms. The maximum absolute atomic E-state index is 5.85. The Bertz CT molecular complexity index is 292. The Morgan fingerprint density at radius 2 is 2.00 bits per heavy atom. The molecule has 2 N–H and O–H groups in total. The lowest BCUT2D eigenvalue weighted by atomic mass is 10.0. The lowest BCUT2D eigenvalue weighted by molar-refractivity contribution is 0.754. The fraction of sp³-hybridized carbons (Fsp3) is 0.333. The molecule has 0 radical (unpaired) electrons. The molecule has 1 aromatic carbocycles. The highest BCUT2D eigenvalue weighted by Crippen LogP contribution is 2.14. The molecular formula is C12H15N. The van der Waals surface area contributed by atoms with Gasteiger partial charge in [0.1, 0.15) is 0 Å². The van der Waals surface area contributed by atoms with Gasteiger partial charge in [0.2, 0.25) is 0 Å². The second kappa shape index (κ2) is 4.69. The average Bonchev–Trinajstić information content (AvgIpc) is 2.18. The van der Waals surface area contributed by atoms with Crippen LogP contribution in [0, 0.1) is 12.3 Å². The molecule has 0 bridgehead atoms. The predicted molar refractivity (Wildman–Crippen MR) is 56.2 cm³/mol. The van der Waals surface area contributed by atoms with Crippen LogP contribution < -0.4 is 5.73 Å². The number of hydrogen-bond donors (Lipinski definition) is 1. The SMILES string of the molecule is C#CCC(N)c1ccc(CC)cc1. The Balaban J connectivity index is 2.74. The Morgan fingerprint density at radius 1 is 1.38 bits per heavy atom. The third-order valence-corrected chi connectivity index (χ3v) is 2.15. The molecule has 1 aromatic rings. The molecular weight excluding hydrogens is 158 g/mol. The van der Waals surface area contributed by atoms with Crippen LogP contribution in [0.4, 0.5) is 0 Å². The van der Waals surface area contributed by atoms with E-state index in [1.54, 1.807) is 0 Å². The van der Waals surface area contributed by atoms with Crippen molar-refractivity contribution >= 4 is 0 Å². The lowest BCUT2D eigenvalue weighted by Gasteiger charge is -2.08. The van der Waals surface area contributed by atoms with E-state index in [1.165, 1.54) is 5.56 Å². The predicted octanol–water partition coefficient (Wildman–Crippen LogP) is 2.27. The molecule has 0 aromatic heterocycles. The first kappa shape index (κ1) is 9.83. The zero-order valence-corrected chi connectivity index (χ0v) is 7.96. The monoisotopic (exact) mass is 173 g/mol. The molecule has 0 heterocycles. The molecule has 1 rings (SSSR count). The highest BCUT2D eigenvalue weighted by atomic mass is 14.6. The van der Waals surface area contributed by atoms with Crippen LogP contribution in [0.1, 0.15) is 30.5 Å². The van der Waals surface area contributed by atoms with Gasteiger partial charge in [-0.25, -0.2) is 0 Å². The minimum Gasteiger partial charge on any atom is -0.323 e. The van der Waals surface area contributed by atoms with Crippen LogP contribution in [0.3, 0.4) is 0 Å². The lowest BCUT2D eigenvalue weighted by Crippen LogP contribution is -2.08. The van der Waals surface area contributed by atoms with Crippen molar-refractivity contribution < 1.29 is 0 Å². The Hall–Kier alpha value is -1.26. The van der Waals surface area contributed by atoms with Crippen LogP contribution in [0.5, 0.6) is 0 Å². The summed E-state index contributed by atoms with van der Waals surface area (Å²) in [5.41, 5.74) is 8.31. The number of benzene rings is 1. The van der Waals surface area contributed by atoms with Gasteiger partial charge in [-0.15, -0.1) is 12.3 Å². The van der Waals surface area contributed by atoms with E-state index in [4.69, 9.17) is 12.2 Å². The number of nitrogens with two attached hydrogens (primary N) is 1. The summed E-state index contributed by atoms with van der Waals surface area (Å²) in [5.74, 6) is 2.57. The topological polar surface area (TPSA) is 26.0 Å². The molecule has 68 valence electrons. The Labute approximate surface area is 80.0 Å². The molecule has 0 saturated heterocycles. The standard InChI is InChI=1S/C12H15N/c1-3-5-12(13)11-8-6-10(4-2)7-9-11/h1,6-9,12H,4-5,13H2,2H3. The molecule has 0 aliphatic carbocycles. The Morgan fingerprint density at radius 3 is 2.46 bits per heavy atom. The van der Waals surface area contributed by atoms with E-state index < -0.39 is 0 Å². The molecule has 1 unspecified atom stereocenters. The van der Waals surface area contributed by atoms with Crippen LogP contribution in [-0.2, 0) is 6.42 Å². The van der Waals surface area contributed by atoms with E-state index in [1.807, 2.05) is 0 Å². The van der Waals surface area contributed by atoms with E-state index >= 15 is 0 Å². The summed E-state index contributed by atoms with van der Waals surface area (Å²) in [6.45, 7) is 2.14. The second-order valence-electron chi connectivity index (χ2n) is 3.11. The largest absolute Gasteiger partial charge is 0.323 e. The van der Waals surface area contributed by atoms with Gasteiger partial charge in [-0.2, -0.15) is 0 Å². The van der Waals surface area contributed by atoms with E-state index in [-0.39, 0.29) is 6.04 Å². The summed E-state index contributed by atoms with van der Waals surface area (Å²) in [6.07, 6.45) is 6.86. The molecule has 0 amide bonds. The van der Waals surface area contributed by atoms with Gasteiger partial charge in [0.25, 0.3) is 0 Å². The van der Waals surface area contributed by atoms with E-state index in [0.29, 0.717) is 6.42 Å². The summed E-state index contributed by atoms with van der Waals surface area (Å²) < 4.78 is 0. The van der Waals surface area contributed by atoms with Gasteiger partial charge in [0, 0.05) is 12.5 Å². The first-order valence-corrected chi connectivity index (χ1v) is 4.55. The van der Waals surface area contributed by atoms with Crippen molar-refractivity contribution in [2.45, 2.75) is 25.8 Å². The van der Waals surface area contributed by atoms with Gasteiger partial charge in [0.15, 0.2) is 0 Å². The molecule has 0 spiro atoms. The number of terminal acetylenes is 1. The van der Waals surface area contributed by atoms with Crippen molar-refractivity contribution in [2.75, 3.05) is 0 Å². The van der Waals surface area contributed by atoms with E-state index in [2.05, 4.69) is 37.1 Å². The highest BCUT2D eigenvalue weighted by Gasteiger charge is 2.02. The van der Waals surface area contributed by atoms with Crippen molar-refractivity contribution in [1.82, 2.24) is 0 Å². The van der Waals surface area contributed by atoms with Crippen molar-refractivity contribution in [3.63, 3.8) is 0 Å². The quantitative estimate of drug-likeness (QED) is 0.697. The van der Waals surface area contributed by atoms with E-state index in [9.17, 15) is 0 Å². The molecule has 0 fully saturated rings. The normalized spacial score (nSPS) is 12.1. The molecule has 0 saturated carbocycles. The summed E-state index contributed by atoms with van der Waals surface area (Å²) in [7, 11) is 0. The van der Waals surface area contributed by atoms with Crippen LogP contribution >= 0.6 is 0 Å². The fourth-order valence-electron chi connectivity index (χ4n) is 1.25. The summed E-state index contributed by atoms with van der Waals surface area (Å²) in [4.78, 5) is 0. The van der Waals surface area contributed by atoms with Gasteiger partial charge >= 0.3 is 0 Å². The second-order valence-corrected chi connectivity index (χ2v) is 3.11. The molecule has 1 heteroatoms. The van der Waals surface area contributed by atoms with Gasteiger partial charge in [-0.3, -0.25) is 0 Å². The summed E-state index contributed by atoms with van der Waals surface area (Å²) in [6, 6.07) is 8.30. The maximum atomic E-state index is 5.85. The van der Waals surface area contributed by atoms with Crippen LogP contribution in [-0.4, -0.2) is 0 Å². The number of hydrogen-bond acceptors (Lipinski definition) is 1. The third-order valence-electron chi connectivity index (χ3n) is 2.15. The highest BCUT2D eigenvalue weighted by molar-refractivity contribution is 5.25. The third kappa shape index (κ3) is 2.61. The molecule has 0 aliphatic heterocycles. The smallest absolute Gasteiger partial charge is 0.0405 e. The van der Waals surface area contributed by atoms with Gasteiger partial charge in [-0.1, -0.05) is 31.2 Å². The van der Waals surface area contributed by atoms with Crippen molar-refractivity contribution in [1.29, 1.82) is 0 Å². The minimum atomic E-state index is -0.0177. The Kier molecular flexibility index (Phi) is 3.54. The van der Waals surface area contributed by atoms with Gasteiger partial charge < -0.3 is 5.73 Å². The van der Waals surface area contributed by atoms with Gasteiger partial charge in [0.05, 0.1) is 0 Å².